The van der Waals surface area contributed by atoms with Gasteiger partial charge in [0.15, 0.2) is 0 Å². The molecule has 0 bridgehead atoms. The van der Waals surface area contributed by atoms with Crippen molar-refractivity contribution in [3.8, 4) is 0 Å². The Morgan fingerprint density at radius 2 is 1.39 bits per heavy atom. The number of nitrogens with zero attached hydrogens (tertiary/aromatic N) is 1. The van der Waals surface area contributed by atoms with Crippen molar-refractivity contribution in [2.45, 2.75) is 32.2 Å². The van der Waals surface area contributed by atoms with Crippen LogP contribution in [0.5, 0.6) is 0 Å². The maximum absolute atomic E-state index is 13.1. The lowest BCUT2D eigenvalue weighted by atomic mass is 10.1. The summed E-state index contributed by atoms with van der Waals surface area (Å²) >= 11 is 0. The molecule has 36 heavy (non-hydrogen) atoms. The molecule has 4 rings (SSSR count). The Bertz CT molecular complexity index is 1330. The van der Waals surface area contributed by atoms with E-state index >= 15 is 0 Å². The molecule has 1 amide bonds. The number of para-hydroxylation sites is 1. The highest BCUT2D eigenvalue weighted by atomic mass is 16.6. The number of carbonyl (C=O) groups excluding carboxylic acids is 2. The highest BCUT2D eigenvalue weighted by Crippen LogP contribution is 2.23. The van der Waals surface area contributed by atoms with Gasteiger partial charge in [-0.1, -0.05) is 78.9 Å². The minimum absolute atomic E-state index is 0.0520. The molecule has 1 atom stereocenters. The second-order valence-corrected chi connectivity index (χ2v) is 8.25. The highest BCUT2D eigenvalue weighted by Gasteiger charge is 2.25. The van der Waals surface area contributed by atoms with E-state index in [9.17, 15) is 19.5 Å². The van der Waals surface area contributed by atoms with Crippen molar-refractivity contribution in [3.63, 3.8) is 0 Å². The van der Waals surface area contributed by atoms with Gasteiger partial charge >= 0.3 is 18.0 Å². The molecule has 0 fully saturated rings. The van der Waals surface area contributed by atoms with Gasteiger partial charge in [0.05, 0.1) is 0 Å². The van der Waals surface area contributed by atoms with Crippen molar-refractivity contribution in [2.24, 2.45) is 0 Å². The van der Waals surface area contributed by atoms with E-state index in [1.807, 2.05) is 84.9 Å². The summed E-state index contributed by atoms with van der Waals surface area (Å²) in [5, 5.41) is 12.7. The first-order valence-electron chi connectivity index (χ1n) is 11.5. The lowest BCUT2D eigenvalue weighted by molar-refractivity contribution is -0.147. The fourth-order valence-corrected chi connectivity index (χ4v) is 3.91. The SMILES string of the molecule is O=C(O)Cn1cc(C[C@H](NC(=O)OCc2ccccc2)C(=O)OCc2ccccc2)c2ccccc21. The molecule has 184 valence electrons. The average Bonchev–Trinajstić information content (AvgIpc) is 3.23. The van der Waals surface area contributed by atoms with Gasteiger partial charge in [-0.25, -0.2) is 9.59 Å². The summed E-state index contributed by atoms with van der Waals surface area (Å²) in [4.78, 5) is 37.0. The quantitative estimate of drug-likeness (QED) is 0.324. The predicted molar refractivity (Wildman–Crippen MR) is 133 cm³/mol. The zero-order valence-electron chi connectivity index (χ0n) is 19.5. The number of nitrogens with one attached hydrogen (secondary N) is 1. The first-order chi connectivity index (χ1) is 17.5. The number of aromatic nitrogens is 1. The van der Waals surface area contributed by atoms with E-state index in [0.29, 0.717) is 5.56 Å². The molecule has 0 aliphatic heterocycles. The second kappa shape index (κ2) is 11.7. The van der Waals surface area contributed by atoms with E-state index in [4.69, 9.17) is 9.47 Å². The Balaban J connectivity index is 1.52. The van der Waals surface area contributed by atoms with Gasteiger partial charge in [-0.2, -0.15) is 0 Å². The van der Waals surface area contributed by atoms with Crippen LogP contribution >= 0.6 is 0 Å². The molecule has 1 heterocycles. The molecule has 0 spiro atoms. The summed E-state index contributed by atoms with van der Waals surface area (Å²) in [6.45, 7) is -0.121. The molecule has 8 heteroatoms. The van der Waals surface area contributed by atoms with Gasteiger partial charge < -0.3 is 24.5 Å². The summed E-state index contributed by atoms with van der Waals surface area (Å²) < 4.78 is 12.4. The molecule has 3 aromatic carbocycles. The molecule has 1 aromatic heterocycles. The van der Waals surface area contributed by atoms with Crippen LogP contribution in [0.2, 0.25) is 0 Å². The standard InChI is InChI=1S/C28H26N2O6/c31-26(32)17-30-16-22(23-13-7-8-14-25(23)30)15-24(27(33)35-18-20-9-3-1-4-10-20)29-28(34)36-19-21-11-5-2-6-12-21/h1-14,16,24H,15,17-19H2,(H,29,34)(H,31,32)/t24-/m0/s1. The van der Waals surface area contributed by atoms with Crippen molar-refractivity contribution in [1.29, 1.82) is 0 Å². The number of benzene rings is 3. The minimum atomic E-state index is -1.04. The summed E-state index contributed by atoms with van der Waals surface area (Å²) in [5.41, 5.74) is 3.05. The Morgan fingerprint density at radius 3 is 2.03 bits per heavy atom. The van der Waals surface area contributed by atoms with E-state index in [2.05, 4.69) is 5.32 Å². The average molecular weight is 487 g/mol. The summed E-state index contributed by atoms with van der Waals surface area (Å²) in [6.07, 6.45) is 1.03. The number of carboxylic acids is 1. The number of alkyl carbamates (subject to hydrolysis) is 1. The molecule has 0 unspecified atom stereocenters. The highest BCUT2D eigenvalue weighted by molar-refractivity contribution is 5.87. The van der Waals surface area contributed by atoms with Crippen molar-refractivity contribution in [3.05, 3.63) is 108 Å². The van der Waals surface area contributed by atoms with Gasteiger partial charge in [-0.3, -0.25) is 4.79 Å². The van der Waals surface area contributed by atoms with E-state index in [1.54, 1.807) is 10.8 Å². The van der Waals surface area contributed by atoms with Crippen LogP contribution in [0.15, 0.2) is 91.1 Å². The van der Waals surface area contributed by atoms with Gasteiger partial charge in [-0.05, 0) is 22.8 Å². The zero-order valence-corrected chi connectivity index (χ0v) is 19.5. The Labute approximate surface area is 208 Å². The Morgan fingerprint density at radius 1 is 0.806 bits per heavy atom. The normalized spacial score (nSPS) is 11.6. The summed E-state index contributed by atoms with van der Waals surface area (Å²) in [6, 6.07) is 24.7. The molecular weight excluding hydrogens is 460 g/mol. The van der Waals surface area contributed by atoms with Crippen LogP contribution in [0.1, 0.15) is 16.7 Å². The number of ether oxygens (including phenoxy) is 2. The molecule has 0 radical (unpaired) electrons. The van der Waals surface area contributed by atoms with Gasteiger partial charge in [0.2, 0.25) is 0 Å². The van der Waals surface area contributed by atoms with Gasteiger partial charge in [0.1, 0.15) is 25.8 Å². The van der Waals surface area contributed by atoms with E-state index in [-0.39, 0.29) is 26.2 Å². The monoisotopic (exact) mass is 486 g/mol. The third-order valence-electron chi connectivity index (χ3n) is 5.61. The number of carboxylic acid groups (broad SMARTS) is 1. The molecule has 0 saturated carbocycles. The second-order valence-electron chi connectivity index (χ2n) is 8.25. The third-order valence-corrected chi connectivity index (χ3v) is 5.61. The lowest BCUT2D eigenvalue weighted by Crippen LogP contribution is -2.43. The third kappa shape index (κ3) is 6.50. The maximum atomic E-state index is 13.1. The van der Waals surface area contributed by atoms with Gasteiger partial charge in [0.25, 0.3) is 0 Å². The molecule has 0 aliphatic carbocycles. The fourth-order valence-electron chi connectivity index (χ4n) is 3.91. The first-order valence-corrected chi connectivity index (χ1v) is 11.5. The van der Waals surface area contributed by atoms with Crippen LogP contribution in [-0.4, -0.2) is 33.7 Å². The van der Waals surface area contributed by atoms with Crippen molar-refractivity contribution < 1.29 is 29.0 Å². The number of fused-ring (bicyclic) bond motifs is 1. The predicted octanol–water partition coefficient (Wildman–Crippen LogP) is 4.31. The molecule has 8 nitrogen and oxygen atoms in total. The van der Waals surface area contributed by atoms with Crippen LogP contribution in [0.25, 0.3) is 10.9 Å². The number of rotatable bonds is 10. The molecule has 0 aliphatic rings. The number of amides is 1. The molecule has 4 aromatic rings. The topological polar surface area (TPSA) is 107 Å². The van der Waals surface area contributed by atoms with E-state index in [1.165, 1.54) is 0 Å². The zero-order chi connectivity index (χ0) is 25.3. The fraction of sp³-hybridized carbons (Fsp3) is 0.179. The van der Waals surface area contributed by atoms with Crippen LogP contribution in [0.3, 0.4) is 0 Å². The van der Waals surface area contributed by atoms with Crippen molar-refractivity contribution in [2.75, 3.05) is 0 Å². The maximum Gasteiger partial charge on any atom is 0.408 e. The number of carbonyl (C=O) groups is 3. The summed E-state index contributed by atoms with van der Waals surface area (Å²) in [5.74, 6) is -1.60. The first kappa shape index (κ1) is 24.5. The number of aliphatic carboxylic acids is 1. The Hall–Kier alpha value is -4.59. The van der Waals surface area contributed by atoms with Crippen LogP contribution in [-0.2, 0) is 45.2 Å². The minimum Gasteiger partial charge on any atom is -0.480 e. The smallest absolute Gasteiger partial charge is 0.408 e. The van der Waals surface area contributed by atoms with Crippen LogP contribution in [0.4, 0.5) is 4.79 Å². The Kier molecular flexibility index (Phi) is 7.97. The van der Waals surface area contributed by atoms with Crippen molar-refractivity contribution in [1.82, 2.24) is 9.88 Å². The summed E-state index contributed by atoms with van der Waals surface area (Å²) in [7, 11) is 0. The molecular formula is C28H26N2O6. The number of esters is 1. The largest absolute Gasteiger partial charge is 0.480 e. The molecule has 2 N–H and O–H groups in total. The number of hydrogen-bond donors (Lipinski definition) is 2. The van der Waals surface area contributed by atoms with E-state index < -0.39 is 24.1 Å². The molecule has 0 saturated heterocycles. The van der Waals surface area contributed by atoms with Gasteiger partial charge in [0, 0.05) is 23.5 Å². The van der Waals surface area contributed by atoms with Crippen molar-refractivity contribution >= 4 is 28.9 Å². The van der Waals surface area contributed by atoms with Crippen LogP contribution in [0, 0.1) is 0 Å². The lowest BCUT2D eigenvalue weighted by Gasteiger charge is -2.18. The van der Waals surface area contributed by atoms with E-state index in [0.717, 1.165) is 22.0 Å². The van der Waals surface area contributed by atoms with Crippen LogP contribution < -0.4 is 5.32 Å². The van der Waals surface area contributed by atoms with Gasteiger partial charge in [-0.15, -0.1) is 0 Å². The number of hydrogen-bond acceptors (Lipinski definition) is 5.